The topological polar surface area (TPSA) is 70.0 Å². The first kappa shape index (κ1) is 15.6. The lowest BCUT2D eigenvalue weighted by atomic mass is 9.99. The molecular weight excluding hydrogens is 252 g/mol. The van der Waals surface area contributed by atoms with Crippen LogP contribution in [0.3, 0.4) is 0 Å². The Kier molecular flexibility index (Phi) is 6.77. The van der Waals surface area contributed by atoms with Gasteiger partial charge in [-0.3, -0.25) is 14.9 Å². The number of unbranched alkanes of at least 4 members (excludes halogenated alkanes) is 1. The van der Waals surface area contributed by atoms with E-state index in [0.717, 1.165) is 12.8 Å². The first-order valence-corrected chi connectivity index (χ1v) is 6.57. The van der Waals surface area contributed by atoms with Crippen molar-refractivity contribution in [3.63, 3.8) is 0 Å². The van der Waals surface area contributed by atoms with Gasteiger partial charge in [-0.2, -0.15) is 5.26 Å². The predicted octanol–water partition coefficient (Wildman–Crippen LogP) is 2.83. The van der Waals surface area contributed by atoms with Gasteiger partial charge in [0.1, 0.15) is 0 Å². The summed E-state index contributed by atoms with van der Waals surface area (Å²) in [6.45, 7) is 3.61. The number of amides is 2. The number of allylic oxidation sites excluding steroid dienone is 1. The Morgan fingerprint density at radius 2 is 2.05 bits per heavy atom. The van der Waals surface area contributed by atoms with Crippen molar-refractivity contribution in [2.45, 2.75) is 25.7 Å². The van der Waals surface area contributed by atoms with Crippen LogP contribution in [0.1, 0.15) is 36.0 Å². The fourth-order valence-electron chi connectivity index (χ4n) is 1.78. The zero-order valence-corrected chi connectivity index (χ0v) is 11.3. The molecule has 0 radical (unpaired) electrons. The first-order chi connectivity index (χ1) is 9.67. The van der Waals surface area contributed by atoms with Gasteiger partial charge in [-0.15, -0.1) is 6.58 Å². The summed E-state index contributed by atoms with van der Waals surface area (Å²) in [5.41, 5.74) is 0.431. The lowest BCUT2D eigenvalue weighted by Gasteiger charge is -2.08. The van der Waals surface area contributed by atoms with Crippen LogP contribution >= 0.6 is 0 Å². The fourth-order valence-corrected chi connectivity index (χ4v) is 1.78. The maximum Gasteiger partial charge on any atom is 0.257 e. The molecule has 0 saturated heterocycles. The molecule has 1 N–H and O–H groups in total. The van der Waals surface area contributed by atoms with Crippen molar-refractivity contribution in [1.82, 2.24) is 5.32 Å². The van der Waals surface area contributed by atoms with Crippen LogP contribution in [-0.2, 0) is 4.79 Å². The molecule has 0 aliphatic carbocycles. The molecule has 0 aliphatic heterocycles. The largest absolute Gasteiger partial charge is 0.292 e. The van der Waals surface area contributed by atoms with E-state index >= 15 is 0 Å². The zero-order chi connectivity index (χ0) is 14.8. The molecule has 1 aromatic rings. The molecule has 1 aromatic carbocycles. The Morgan fingerprint density at radius 3 is 2.65 bits per heavy atom. The third kappa shape index (κ3) is 5.49. The lowest BCUT2D eigenvalue weighted by molar-refractivity contribution is -0.120. The van der Waals surface area contributed by atoms with E-state index in [2.05, 4.69) is 18.0 Å². The highest BCUT2D eigenvalue weighted by Crippen LogP contribution is 2.12. The number of rotatable bonds is 7. The number of imide groups is 1. The van der Waals surface area contributed by atoms with Crippen LogP contribution in [0.25, 0.3) is 0 Å². The van der Waals surface area contributed by atoms with Gasteiger partial charge < -0.3 is 0 Å². The second-order valence-corrected chi connectivity index (χ2v) is 4.49. The minimum absolute atomic E-state index is 0.0478. The molecule has 4 nitrogen and oxygen atoms in total. The van der Waals surface area contributed by atoms with Crippen LogP contribution in [-0.4, -0.2) is 11.8 Å². The van der Waals surface area contributed by atoms with E-state index in [1.165, 1.54) is 0 Å². The Hall–Kier alpha value is -2.41. The highest BCUT2D eigenvalue weighted by molar-refractivity contribution is 6.04. The normalized spacial score (nSPS) is 11.2. The Labute approximate surface area is 119 Å². The van der Waals surface area contributed by atoms with Crippen molar-refractivity contribution in [3.8, 4) is 6.07 Å². The summed E-state index contributed by atoms with van der Waals surface area (Å²) in [4.78, 5) is 23.5. The first-order valence-electron chi connectivity index (χ1n) is 6.57. The molecule has 1 atom stereocenters. The number of nitrogens with zero attached hydrogens (tertiary/aromatic N) is 1. The average Bonchev–Trinajstić information content (AvgIpc) is 2.47. The highest BCUT2D eigenvalue weighted by atomic mass is 16.2. The molecule has 104 valence electrons. The van der Waals surface area contributed by atoms with Crippen LogP contribution in [0.2, 0.25) is 0 Å². The molecular formula is C16H18N2O2. The van der Waals surface area contributed by atoms with Gasteiger partial charge in [-0.25, -0.2) is 0 Å². The molecule has 2 amide bonds. The summed E-state index contributed by atoms with van der Waals surface area (Å²) in [5.74, 6) is -1.21. The Bertz CT molecular complexity index is 503. The van der Waals surface area contributed by atoms with E-state index in [-0.39, 0.29) is 12.3 Å². The van der Waals surface area contributed by atoms with E-state index in [1.54, 1.807) is 36.4 Å². The van der Waals surface area contributed by atoms with Crippen molar-refractivity contribution >= 4 is 11.8 Å². The maximum atomic E-state index is 11.8. The maximum absolute atomic E-state index is 11.8. The van der Waals surface area contributed by atoms with E-state index in [0.29, 0.717) is 12.0 Å². The predicted molar refractivity (Wildman–Crippen MR) is 76.7 cm³/mol. The summed E-state index contributed by atoms with van der Waals surface area (Å²) in [6.07, 6.45) is 4.11. The third-order valence-corrected chi connectivity index (χ3v) is 2.86. The molecule has 0 fully saturated rings. The summed E-state index contributed by atoms with van der Waals surface area (Å²) in [5, 5.41) is 11.3. The number of benzene rings is 1. The molecule has 0 unspecified atom stereocenters. The van der Waals surface area contributed by atoms with Gasteiger partial charge in [-0.05, 0) is 31.4 Å². The van der Waals surface area contributed by atoms with Crippen molar-refractivity contribution in [1.29, 1.82) is 5.26 Å². The quantitative estimate of drug-likeness (QED) is 0.611. The number of nitriles is 1. The lowest BCUT2D eigenvalue weighted by Crippen LogP contribution is -2.31. The van der Waals surface area contributed by atoms with Gasteiger partial charge in [0.2, 0.25) is 5.91 Å². The second kappa shape index (κ2) is 8.65. The molecule has 1 rings (SSSR count). The average molecular weight is 270 g/mol. The number of carbonyl (C=O) groups excluding carboxylic acids is 2. The summed E-state index contributed by atoms with van der Waals surface area (Å²) in [7, 11) is 0. The van der Waals surface area contributed by atoms with Gasteiger partial charge >= 0.3 is 0 Å². The van der Waals surface area contributed by atoms with E-state index in [4.69, 9.17) is 5.26 Å². The number of hydrogen-bond acceptors (Lipinski definition) is 3. The van der Waals surface area contributed by atoms with Crippen molar-refractivity contribution < 1.29 is 9.59 Å². The van der Waals surface area contributed by atoms with Crippen LogP contribution in [0.15, 0.2) is 43.0 Å². The Morgan fingerprint density at radius 1 is 1.35 bits per heavy atom. The van der Waals surface area contributed by atoms with Crippen molar-refractivity contribution in [2.24, 2.45) is 5.92 Å². The summed E-state index contributed by atoms with van der Waals surface area (Å²) < 4.78 is 0. The second-order valence-electron chi connectivity index (χ2n) is 4.49. The SMILES string of the molecule is C=CCCC[C@@H](C#N)CC(=O)NC(=O)c1ccccc1. The minimum atomic E-state index is -0.432. The molecule has 20 heavy (non-hydrogen) atoms. The van der Waals surface area contributed by atoms with Gasteiger partial charge in [0.25, 0.3) is 5.91 Å². The molecule has 0 spiro atoms. The summed E-state index contributed by atoms with van der Waals surface area (Å²) >= 11 is 0. The smallest absolute Gasteiger partial charge is 0.257 e. The van der Waals surface area contributed by atoms with Crippen LogP contribution in [0, 0.1) is 17.2 Å². The number of nitrogens with one attached hydrogen (secondary N) is 1. The number of carbonyl (C=O) groups is 2. The van der Waals surface area contributed by atoms with Gasteiger partial charge in [0.15, 0.2) is 0 Å². The van der Waals surface area contributed by atoms with Gasteiger partial charge in [-0.1, -0.05) is 24.3 Å². The van der Waals surface area contributed by atoms with Gasteiger partial charge in [0.05, 0.1) is 12.0 Å². The van der Waals surface area contributed by atoms with E-state index in [9.17, 15) is 9.59 Å². The number of hydrogen-bond donors (Lipinski definition) is 1. The monoisotopic (exact) mass is 270 g/mol. The third-order valence-electron chi connectivity index (χ3n) is 2.86. The van der Waals surface area contributed by atoms with Crippen LogP contribution < -0.4 is 5.32 Å². The van der Waals surface area contributed by atoms with E-state index in [1.807, 2.05) is 0 Å². The minimum Gasteiger partial charge on any atom is -0.292 e. The van der Waals surface area contributed by atoms with E-state index < -0.39 is 11.8 Å². The fraction of sp³-hybridized carbons (Fsp3) is 0.312. The zero-order valence-electron chi connectivity index (χ0n) is 11.3. The van der Waals surface area contributed by atoms with Crippen molar-refractivity contribution in [3.05, 3.63) is 48.6 Å². The molecule has 0 aromatic heterocycles. The molecule has 0 bridgehead atoms. The summed E-state index contributed by atoms with van der Waals surface area (Å²) in [6, 6.07) is 10.6. The van der Waals surface area contributed by atoms with Crippen LogP contribution in [0.4, 0.5) is 0 Å². The Balaban J connectivity index is 2.44. The van der Waals surface area contributed by atoms with Crippen molar-refractivity contribution in [2.75, 3.05) is 0 Å². The highest BCUT2D eigenvalue weighted by Gasteiger charge is 2.15. The molecule has 0 heterocycles. The van der Waals surface area contributed by atoms with Gasteiger partial charge in [0, 0.05) is 12.0 Å². The molecule has 0 saturated carbocycles. The molecule has 4 heteroatoms. The molecule has 0 aliphatic rings. The van der Waals surface area contributed by atoms with Crippen LogP contribution in [0.5, 0.6) is 0 Å². The standard InChI is InChI=1S/C16H18N2O2/c1-2-3-5-8-13(12-17)11-15(19)18-16(20)14-9-6-4-7-10-14/h2,4,6-7,9-10,13H,1,3,5,8,11H2,(H,18,19,20)/t13-/m1/s1.